The zero-order chi connectivity index (χ0) is 9.19. The minimum atomic E-state index is -4.22. The molecule has 1 fully saturated rings. The highest BCUT2D eigenvalue weighted by Gasteiger charge is 2.45. The Balaban J connectivity index is 2.67. The number of rotatable bonds is 0. The number of nitriles is 1. The van der Waals surface area contributed by atoms with Gasteiger partial charge < -0.3 is 5.32 Å². The third kappa shape index (κ3) is 1.89. The zero-order valence-electron chi connectivity index (χ0n) is 6.36. The molecule has 0 aromatic carbocycles. The Bertz CT molecular complexity index is 194. The second-order valence-corrected chi connectivity index (χ2v) is 2.88. The molecule has 0 radical (unpaired) electrons. The van der Waals surface area contributed by atoms with Crippen LogP contribution in [0, 0.1) is 23.2 Å². The second kappa shape index (κ2) is 3.31. The molecule has 5 heteroatoms. The maximum atomic E-state index is 12.2. The van der Waals surface area contributed by atoms with Crippen LogP contribution >= 0.6 is 0 Å². The Hall–Kier alpha value is -0.760. The summed E-state index contributed by atoms with van der Waals surface area (Å²) in [5, 5.41) is 11.2. The number of nitrogens with zero attached hydrogens (tertiary/aromatic N) is 1. The van der Waals surface area contributed by atoms with Crippen molar-refractivity contribution >= 4 is 0 Å². The lowest BCUT2D eigenvalue weighted by Gasteiger charge is -2.28. The average molecular weight is 178 g/mol. The Morgan fingerprint density at radius 2 is 2.08 bits per heavy atom. The molecule has 12 heavy (non-hydrogen) atoms. The maximum absolute atomic E-state index is 12.2. The molecule has 0 bridgehead atoms. The first kappa shape index (κ1) is 9.33. The van der Waals surface area contributed by atoms with E-state index in [-0.39, 0.29) is 13.0 Å². The van der Waals surface area contributed by atoms with Crippen LogP contribution in [0.4, 0.5) is 13.2 Å². The van der Waals surface area contributed by atoms with E-state index in [1.54, 1.807) is 6.07 Å². The highest BCUT2D eigenvalue weighted by Crippen LogP contribution is 2.35. The van der Waals surface area contributed by atoms with E-state index in [4.69, 9.17) is 5.26 Å². The van der Waals surface area contributed by atoms with Gasteiger partial charge in [-0.3, -0.25) is 0 Å². The summed E-state index contributed by atoms with van der Waals surface area (Å²) in [7, 11) is 0. The van der Waals surface area contributed by atoms with Gasteiger partial charge in [0.05, 0.1) is 17.9 Å². The predicted octanol–water partition coefficient (Wildman–Crippen LogP) is 1.30. The highest BCUT2D eigenvalue weighted by atomic mass is 19.4. The molecule has 0 aromatic rings. The van der Waals surface area contributed by atoms with Crippen molar-refractivity contribution in [1.82, 2.24) is 5.32 Å². The third-order valence-corrected chi connectivity index (χ3v) is 2.07. The molecule has 0 spiro atoms. The minimum Gasteiger partial charge on any atom is -0.315 e. The number of alkyl halides is 3. The summed E-state index contributed by atoms with van der Waals surface area (Å²) in [6.45, 7) is 0.503. The van der Waals surface area contributed by atoms with Crippen LogP contribution in [0.25, 0.3) is 0 Å². The van der Waals surface area contributed by atoms with Gasteiger partial charge in [0, 0.05) is 6.54 Å². The molecule has 2 nitrogen and oxygen atoms in total. The second-order valence-electron chi connectivity index (χ2n) is 2.88. The molecule has 0 aromatic heterocycles. The van der Waals surface area contributed by atoms with Gasteiger partial charge in [0.2, 0.25) is 0 Å². The van der Waals surface area contributed by atoms with E-state index in [2.05, 4.69) is 5.32 Å². The molecule has 0 aliphatic carbocycles. The summed E-state index contributed by atoms with van der Waals surface area (Å²) in [4.78, 5) is 0. The molecule has 0 saturated carbocycles. The van der Waals surface area contributed by atoms with Crippen LogP contribution in [0.2, 0.25) is 0 Å². The fourth-order valence-corrected chi connectivity index (χ4v) is 1.39. The Morgan fingerprint density at radius 1 is 1.42 bits per heavy atom. The molecule has 1 N–H and O–H groups in total. The van der Waals surface area contributed by atoms with Crippen LogP contribution in [0.15, 0.2) is 0 Å². The van der Waals surface area contributed by atoms with E-state index in [1.807, 2.05) is 0 Å². The predicted molar refractivity (Wildman–Crippen MR) is 36.1 cm³/mol. The first-order chi connectivity index (χ1) is 5.55. The molecular weight excluding hydrogens is 169 g/mol. The molecule has 1 heterocycles. The van der Waals surface area contributed by atoms with Crippen molar-refractivity contribution in [3.8, 4) is 6.07 Å². The number of halogens is 3. The number of hydrogen-bond acceptors (Lipinski definition) is 2. The van der Waals surface area contributed by atoms with E-state index in [0.29, 0.717) is 6.54 Å². The van der Waals surface area contributed by atoms with Crippen LogP contribution in [-0.4, -0.2) is 19.3 Å². The number of hydrogen-bond donors (Lipinski definition) is 1. The van der Waals surface area contributed by atoms with Crippen molar-refractivity contribution < 1.29 is 13.2 Å². The van der Waals surface area contributed by atoms with Gasteiger partial charge in [0.15, 0.2) is 0 Å². The average Bonchev–Trinajstić information content (AvgIpc) is 2.03. The SMILES string of the molecule is N#CC1CNCCC1C(F)(F)F. The van der Waals surface area contributed by atoms with Gasteiger partial charge >= 0.3 is 6.18 Å². The Morgan fingerprint density at radius 3 is 2.50 bits per heavy atom. The third-order valence-electron chi connectivity index (χ3n) is 2.07. The highest BCUT2D eigenvalue weighted by molar-refractivity contribution is 4.95. The molecule has 68 valence electrons. The summed E-state index contributed by atoms with van der Waals surface area (Å²) in [6, 6.07) is 1.68. The van der Waals surface area contributed by atoms with Crippen LogP contribution in [0.1, 0.15) is 6.42 Å². The molecule has 1 saturated heterocycles. The van der Waals surface area contributed by atoms with E-state index in [9.17, 15) is 13.2 Å². The molecular formula is C7H9F3N2. The first-order valence-electron chi connectivity index (χ1n) is 3.72. The van der Waals surface area contributed by atoms with Crippen molar-refractivity contribution in [2.75, 3.05) is 13.1 Å². The Labute approximate surface area is 68.4 Å². The van der Waals surface area contributed by atoms with E-state index in [0.717, 1.165) is 0 Å². The van der Waals surface area contributed by atoms with Gasteiger partial charge in [0.1, 0.15) is 0 Å². The standard InChI is InChI=1S/C7H9F3N2/c8-7(9,10)6-1-2-12-4-5(6)3-11/h5-6,12H,1-2,4H2. The van der Waals surface area contributed by atoms with Gasteiger partial charge in [-0.05, 0) is 13.0 Å². The van der Waals surface area contributed by atoms with Crippen LogP contribution < -0.4 is 5.32 Å². The van der Waals surface area contributed by atoms with Gasteiger partial charge in [-0.25, -0.2) is 0 Å². The normalized spacial score (nSPS) is 31.2. The van der Waals surface area contributed by atoms with E-state index < -0.39 is 18.0 Å². The lowest BCUT2D eigenvalue weighted by molar-refractivity contribution is -0.188. The van der Waals surface area contributed by atoms with Crippen molar-refractivity contribution in [1.29, 1.82) is 5.26 Å². The van der Waals surface area contributed by atoms with Crippen LogP contribution in [0.3, 0.4) is 0 Å². The van der Waals surface area contributed by atoms with Gasteiger partial charge in [-0.1, -0.05) is 0 Å². The summed E-state index contributed by atoms with van der Waals surface area (Å²) in [5.74, 6) is -2.36. The lowest BCUT2D eigenvalue weighted by atomic mass is 9.87. The molecule has 1 aliphatic rings. The van der Waals surface area contributed by atoms with Crippen molar-refractivity contribution in [3.63, 3.8) is 0 Å². The van der Waals surface area contributed by atoms with Gasteiger partial charge in [-0.2, -0.15) is 18.4 Å². The lowest BCUT2D eigenvalue weighted by Crippen LogP contribution is -2.42. The van der Waals surface area contributed by atoms with E-state index in [1.165, 1.54) is 0 Å². The van der Waals surface area contributed by atoms with E-state index >= 15 is 0 Å². The summed E-state index contributed by atoms with van der Waals surface area (Å²) in [6.07, 6.45) is -4.20. The van der Waals surface area contributed by atoms with Gasteiger partial charge in [0.25, 0.3) is 0 Å². The maximum Gasteiger partial charge on any atom is 0.393 e. The fraction of sp³-hybridized carbons (Fsp3) is 0.857. The molecule has 1 rings (SSSR count). The van der Waals surface area contributed by atoms with Gasteiger partial charge in [-0.15, -0.1) is 0 Å². The van der Waals surface area contributed by atoms with Crippen LogP contribution in [0.5, 0.6) is 0 Å². The van der Waals surface area contributed by atoms with Crippen LogP contribution in [-0.2, 0) is 0 Å². The van der Waals surface area contributed by atoms with Crippen molar-refractivity contribution in [2.24, 2.45) is 11.8 Å². The summed E-state index contributed by atoms with van der Waals surface area (Å²) >= 11 is 0. The topological polar surface area (TPSA) is 35.8 Å². The summed E-state index contributed by atoms with van der Waals surface area (Å²) in [5.41, 5.74) is 0. The molecule has 2 atom stereocenters. The first-order valence-corrected chi connectivity index (χ1v) is 3.72. The largest absolute Gasteiger partial charge is 0.393 e. The quantitative estimate of drug-likeness (QED) is 0.606. The Kier molecular flexibility index (Phi) is 2.58. The number of piperidine rings is 1. The smallest absolute Gasteiger partial charge is 0.315 e. The fourth-order valence-electron chi connectivity index (χ4n) is 1.39. The zero-order valence-corrected chi connectivity index (χ0v) is 6.36. The van der Waals surface area contributed by atoms with Crippen molar-refractivity contribution in [2.45, 2.75) is 12.6 Å². The molecule has 0 amide bonds. The molecule has 1 aliphatic heterocycles. The summed E-state index contributed by atoms with van der Waals surface area (Å²) < 4.78 is 36.6. The monoisotopic (exact) mass is 178 g/mol. The number of nitrogens with one attached hydrogen (secondary N) is 1. The van der Waals surface area contributed by atoms with Crippen molar-refractivity contribution in [3.05, 3.63) is 0 Å². The molecule has 2 unspecified atom stereocenters. The minimum absolute atomic E-state index is 0.0156.